The third kappa shape index (κ3) is 6.57. The second-order valence-corrected chi connectivity index (χ2v) is 1.54. The van der Waals surface area contributed by atoms with Crippen LogP contribution in [0.15, 0.2) is 30.3 Å². The van der Waals surface area contributed by atoms with Gasteiger partial charge in [0.2, 0.25) is 0 Å². The van der Waals surface area contributed by atoms with Gasteiger partial charge in [-0.15, -0.1) is 37.2 Å². The van der Waals surface area contributed by atoms with Crippen molar-refractivity contribution in [3.63, 3.8) is 0 Å². The second kappa shape index (κ2) is 10.2. The van der Waals surface area contributed by atoms with Gasteiger partial charge in [-0.2, -0.15) is 0 Å². The summed E-state index contributed by atoms with van der Waals surface area (Å²) < 4.78 is 4.39. The Balaban J connectivity index is -0.000000213. The summed E-state index contributed by atoms with van der Waals surface area (Å²) >= 11 is 5.03. The third-order valence-corrected chi connectivity index (χ3v) is 1.01. The zero-order valence-corrected chi connectivity index (χ0v) is 8.60. The molecule has 66 valence electrons. The predicted molar refractivity (Wildman–Crippen MR) is 54.7 cm³/mol. The molecule has 0 amide bonds. The molecule has 0 aromatic heterocycles. The standard InChI is InChI=1S/C6H5ClO.3ClH/c7-8-6-4-2-1-3-5-6;;;/h1-5H;3*1H. The molecule has 1 rings (SSSR count). The van der Waals surface area contributed by atoms with Crippen LogP contribution in [0.1, 0.15) is 0 Å². The Labute approximate surface area is 89.5 Å². The van der Waals surface area contributed by atoms with Crippen molar-refractivity contribution in [2.24, 2.45) is 0 Å². The Morgan fingerprint density at radius 3 is 1.64 bits per heavy atom. The minimum absolute atomic E-state index is 0. The summed E-state index contributed by atoms with van der Waals surface area (Å²) in [5, 5.41) is 0. The van der Waals surface area contributed by atoms with Gasteiger partial charge in [0.05, 0.1) is 0 Å². The Hall–Kier alpha value is 0.180. The number of hydrogen-bond acceptors (Lipinski definition) is 1. The normalized spacial score (nSPS) is 6.27. The maximum absolute atomic E-state index is 5.03. The Morgan fingerprint density at radius 1 is 0.909 bits per heavy atom. The molecule has 0 bridgehead atoms. The molecular weight excluding hydrogens is 230 g/mol. The van der Waals surface area contributed by atoms with Gasteiger partial charge in [0.1, 0.15) is 17.6 Å². The molecule has 0 radical (unpaired) electrons. The van der Waals surface area contributed by atoms with E-state index in [1.54, 1.807) is 12.1 Å². The molecule has 0 saturated heterocycles. The molecule has 0 aliphatic heterocycles. The topological polar surface area (TPSA) is 9.23 Å². The van der Waals surface area contributed by atoms with Crippen LogP contribution in [0.5, 0.6) is 5.75 Å². The molecule has 0 fully saturated rings. The van der Waals surface area contributed by atoms with Crippen molar-refractivity contribution in [1.82, 2.24) is 0 Å². The molecule has 0 aliphatic rings. The fourth-order valence-electron chi connectivity index (χ4n) is 0.472. The lowest BCUT2D eigenvalue weighted by Gasteiger charge is -1.89. The van der Waals surface area contributed by atoms with Crippen molar-refractivity contribution in [3.8, 4) is 5.75 Å². The first-order valence-corrected chi connectivity index (χ1v) is 2.58. The molecule has 5 heteroatoms. The van der Waals surface area contributed by atoms with Crippen molar-refractivity contribution in [2.45, 2.75) is 0 Å². The smallest absolute Gasteiger partial charge is 0.146 e. The van der Waals surface area contributed by atoms with E-state index in [0.717, 1.165) is 0 Å². The van der Waals surface area contributed by atoms with Gasteiger partial charge in [-0.1, -0.05) is 18.2 Å². The van der Waals surface area contributed by atoms with Crippen LogP contribution in [0.4, 0.5) is 0 Å². The molecule has 0 atom stereocenters. The molecule has 1 nitrogen and oxygen atoms in total. The van der Waals surface area contributed by atoms with Gasteiger partial charge in [-0.25, -0.2) is 0 Å². The van der Waals surface area contributed by atoms with Crippen molar-refractivity contribution in [2.75, 3.05) is 0 Å². The van der Waals surface area contributed by atoms with Gasteiger partial charge in [-0.3, -0.25) is 0 Å². The minimum Gasteiger partial charge on any atom is -0.386 e. The third-order valence-electron chi connectivity index (χ3n) is 0.832. The maximum Gasteiger partial charge on any atom is 0.146 e. The van der Waals surface area contributed by atoms with Crippen LogP contribution in [0.3, 0.4) is 0 Å². The van der Waals surface area contributed by atoms with E-state index < -0.39 is 0 Å². The predicted octanol–water partition coefficient (Wildman–Crippen LogP) is 3.48. The number of hydrogen-bond donors (Lipinski definition) is 0. The van der Waals surface area contributed by atoms with E-state index in [1.807, 2.05) is 18.2 Å². The van der Waals surface area contributed by atoms with Crippen LogP contribution >= 0.6 is 49.1 Å². The fourth-order valence-corrected chi connectivity index (χ4v) is 0.575. The fraction of sp³-hybridized carbons (Fsp3) is 0. The second-order valence-electron chi connectivity index (χ2n) is 1.39. The van der Waals surface area contributed by atoms with Gasteiger partial charge < -0.3 is 4.29 Å². The lowest BCUT2D eigenvalue weighted by Crippen LogP contribution is -1.69. The van der Waals surface area contributed by atoms with Crippen LogP contribution in [0, 0.1) is 0 Å². The van der Waals surface area contributed by atoms with Crippen LogP contribution in [-0.4, -0.2) is 0 Å². The molecule has 0 saturated carbocycles. The van der Waals surface area contributed by atoms with Crippen LogP contribution < -0.4 is 4.29 Å². The first-order valence-electron chi connectivity index (χ1n) is 2.27. The van der Waals surface area contributed by atoms with E-state index in [-0.39, 0.29) is 37.2 Å². The zero-order valence-electron chi connectivity index (χ0n) is 5.40. The average Bonchev–Trinajstić information content (AvgIpc) is 1.90. The van der Waals surface area contributed by atoms with E-state index in [4.69, 9.17) is 11.9 Å². The van der Waals surface area contributed by atoms with E-state index in [9.17, 15) is 0 Å². The summed E-state index contributed by atoms with van der Waals surface area (Å²) in [6.07, 6.45) is 0. The van der Waals surface area contributed by atoms with Gasteiger partial charge in [0.15, 0.2) is 0 Å². The van der Waals surface area contributed by atoms with Crippen LogP contribution in [-0.2, 0) is 0 Å². The minimum atomic E-state index is 0. The summed E-state index contributed by atoms with van der Waals surface area (Å²) in [7, 11) is 0. The van der Waals surface area contributed by atoms with E-state index in [2.05, 4.69) is 4.29 Å². The van der Waals surface area contributed by atoms with Gasteiger partial charge in [0.25, 0.3) is 0 Å². The zero-order chi connectivity index (χ0) is 5.82. The van der Waals surface area contributed by atoms with Gasteiger partial charge in [0, 0.05) is 0 Å². The summed E-state index contributed by atoms with van der Waals surface area (Å²) in [5.74, 6) is 0.675. The maximum atomic E-state index is 5.03. The van der Waals surface area contributed by atoms with Crippen molar-refractivity contribution in [3.05, 3.63) is 30.3 Å². The summed E-state index contributed by atoms with van der Waals surface area (Å²) in [6, 6.07) is 9.19. The van der Waals surface area contributed by atoms with Crippen molar-refractivity contribution >= 4 is 49.1 Å². The summed E-state index contributed by atoms with van der Waals surface area (Å²) in [4.78, 5) is 0. The van der Waals surface area contributed by atoms with Crippen LogP contribution in [0.2, 0.25) is 0 Å². The van der Waals surface area contributed by atoms with E-state index >= 15 is 0 Å². The van der Waals surface area contributed by atoms with E-state index in [1.165, 1.54) is 0 Å². The molecule has 0 N–H and O–H groups in total. The van der Waals surface area contributed by atoms with Gasteiger partial charge in [-0.05, 0) is 12.1 Å². The first-order chi connectivity index (χ1) is 3.93. The summed E-state index contributed by atoms with van der Waals surface area (Å²) in [6.45, 7) is 0. The number of para-hydroxylation sites is 1. The number of rotatable bonds is 1. The monoisotopic (exact) mass is 236 g/mol. The quantitative estimate of drug-likeness (QED) is 0.727. The van der Waals surface area contributed by atoms with Crippen LogP contribution in [0.25, 0.3) is 0 Å². The Bertz CT molecular complexity index is 156. The summed E-state index contributed by atoms with van der Waals surface area (Å²) in [5.41, 5.74) is 0. The molecular formula is C6H8Cl4O. The van der Waals surface area contributed by atoms with Crippen molar-refractivity contribution in [1.29, 1.82) is 0 Å². The highest BCUT2D eigenvalue weighted by molar-refractivity contribution is 6.09. The van der Waals surface area contributed by atoms with Crippen molar-refractivity contribution < 1.29 is 4.29 Å². The largest absolute Gasteiger partial charge is 0.386 e. The molecule has 11 heavy (non-hydrogen) atoms. The lowest BCUT2D eigenvalue weighted by molar-refractivity contribution is 0.619. The first kappa shape index (κ1) is 17.3. The number of halogens is 4. The van der Waals surface area contributed by atoms with E-state index in [0.29, 0.717) is 5.75 Å². The highest BCUT2D eigenvalue weighted by atomic mass is 35.5. The SMILES string of the molecule is Cl.Cl.Cl.ClOc1ccccc1. The molecule has 1 aromatic carbocycles. The Morgan fingerprint density at radius 2 is 1.36 bits per heavy atom. The number of benzene rings is 1. The lowest BCUT2D eigenvalue weighted by atomic mass is 10.3. The highest BCUT2D eigenvalue weighted by Gasteiger charge is 1.82. The highest BCUT2D eigenvalue weighted by Crippen LogP contribution is 2.08. The van der Waals surface area contributed by atoms with Gasteiger partial charge >= 0.3 is 0 Å². The molecule has 1 aromatic rings. The molecule has 0 unspecified atom stereocenters. The average molecular weight is 238 g/mol. The molecule has 0 aliphatic carbocycles. The molecule has 0 heterocycles. The Kier molecular flexibility index (Phi) is 16.0. The molecule has 0 spiro atoms.